The summed E-state index contributed by atoms with van der Waals surface area (Å²) < 4.78 is 6.19. The number of rotatable bonds is 5. The van der Waals surface area contributed by atoms with Gasteiger partial charge >= 0.3 is 0 Å². The summed E-state index contributed by atoms with van der Waals surface area (Å²) in [4.78, 5) is 14.8. The molecule has 2 fully saturated rings. The van der Waals surface area contributed by atoms with Crippen molar-refractivity contribution in [2.24, 2.45) is 11.3 Å². The van der Waals surface area contributed by atoms with Crippen molar-refractivity contribution in [1.29, 1.82) is 5.26 Å². The molecule has 2 atom stereocenters. The van der Waals surface area contributed by atoms with E-state index in [1.165, 1.54) is 0 Å². The molecule has 2 unspecified atom stereocenters. The van der Waals surface area contributed by atoms with Crippen LogP contribution in [0.1, 0.15) is 42.9 Å². The number of hydrogen-bond acceptors (Lipinski definition) is 5. The fourth-order valence-corrected chi connectivity index (χ4v) is 4.86. The van der Waals surface area contributed by atoms with Gasteiger partial charge in [-0.15, -0.1) is 0 Å². The smallest absolute Gasteiger partial charge is 0.269 e. The molecule has 1 aromatic carbocycles. The molecule has 3 aliphatic rings. The molecule has 0 spiro atoms. The van der Waals surface area contributed by atoms with Crippen LogP contribution in [0.4, 0.5) is 0 Å². The van der Waals surface area contributed by atoms with Crippen molar-refractivity contribution in [2.75, 3.05) is 13.1 Å². The molecule has 0 radical (unpaired) electrons. The summed E-state index contributed by atoms with van der Waals surface area (Å²) in [6.45, 7) is 5.51. The summed E-state index contributed by atoms with van der Waals surface area (Å²) in [6.07, 6.45) is 12.3. The van der Waals surface area contributed by atoms with Gasteiger partial charge in [0, 0.05) is 23.5 Å². The molecule has 2 aromatic rings. The minimum absolute atomic E-state index is 0.195. The SMILES string of the molecule is CC1(C)C=CC=C(Oc2ccccc2)C(c2cc(C(=O)NC34CCC3CN(C#N)C4)[nH]n2)=C1. The second kappa shape index (κ2) is 7.96. The summed E-state index contributed by atoms with van der Waals surface area (Å²) in [5, 5.41) is 19.8. The first kappa shape index (κ1) is 21.1. The van der Waals surface area contributed by atoms with Crippen molar-refractivity contribution in [1.82, 2.24) is 20.4 Å². The van der Waals surface area contributed by atoms with E-state index in [0.29, 0.717) is 36.2 Å². The van der Waals surface area contributed by atoms with Gasteiger partial charge in [-0.2, -0.15) is 10.4 Å². The van der Waals surface area contributed by atoms with Crippen LogP contribution < -0.4 is 10.1 Å². The molecule has 1 amide bonds. The van der Waals surface area contributed by atoms with Gasteiger partial charge in [-0.3, -0.25) is 9.89 Å². The lowest BCUT2D eigenvalue weighted by Gasteiger charge is -2.44. The van der Waals surface area contributed by atoms with Crippen LogP contribution >= 0.6 is 0 Å². The van der Waals surface area contributed by atoms with Gasteiger partial charge in [-0.25, -0.2) is 0 Å². The lowest BCUT2D eigenvalue weighted by Crippen LogP contribution is -2.60. The molecule has 1 aromatic heterocycles. The van der Waals surface area contributed by atoms with Crippen molar-refractivity contribution in [3.63, 3.8) is 0 Å². The molecule has 33 heavy (non-hydrogen) atoms. The Balaban J connectivity index is 1.39. The van der Waals surface area contributed by atoms with Crippen LogP contribution in [0, 0.1) is 22.8 Å². The van der Waals surface area contributed by atoms with E-state index >= 15 is 0 Å². The molecule has 5 rings (SSSR count). The standard InChI is InChI=1S/C26H27N5O2/c1-25(2)11-6-9-23(33-19-7-4-3-5-8-19)20(14-25)21-13-22(30-29-21)24(32)28-26-12-10-18(26)15-31(16-26)17-27/h3-9,11,13-14,18H,10,12,15-16H2,1-2H3,(H,28,32)(H,29,30). The largest absolute Gasteiger partial charge is 0.457 e. The minimum Gasteiger partial charge on any atom is -0.457 e. The van der Waals surface area contributed by atoms with E-state index in [4.69, 9.17) is 4.74 Å². The number of nitrogens with one attached hydrogen (secondary N) is 2. The van der Waals surface area contributed by atoms with Gasteiger partial charge in [0.05, 0.1) is 17.8 Å². The van der Waals surface area contributed by atoms with E-state index in [0.717, 1.165) is 24.2 Å². The topological polar surface area (TPSA) is 94.0 Å². The number of amides is 1. The van der Waals surface area contributed by atoms with Crippen molar-refractivity contribution < 1.29 is 9.53 Å². The van der Waals surface area contributed by atoms with E-state index in [9.17, 15) is 10.1 Å². The van der Waals surface area contributed by atoms with Gasteiger partial charge in [0.1, 0.15) is 17.2 Å². The van der Waals surface area contributed by atoms with Crippen molar-refractivity contribution >= 4 is 11.5 Å². The number of carbonyl (C=O) groups excluding carboxylic acids is 1. The first-order valence-corrected chi connectivity index (χ1v) is 11.3. The van der Waals surface area contributed by atoms with Gasteiger partial charge in [-0.05, 0) is 37.1 Å². The number of ether oxygens (including phenoxy) is 1. The van der Waals surface area contributed by atoms with E-state index < -0.39 is 0 Å². The number of carbonyl (C=O) groups is 1. The van der Waals surface area contributed by atoms with E-state index in [2.05, 4.69) is 47.7 Å². The third-order valence-electron chi connectivity index (χ3n) is 6.76. The zero-order valence-electron chi connectivity index (χ0n) is 18.8. The van der Waals surface area contributed by atoms with E-state index in [-0.39, 0.29) is 16.9 Å². The summed E-state index contributed by atoms with van der Waals surface area (Å²) in [6, 6.07) is 11.4. The van der Waals surface area contributed by atoms with Crippen LogP contribution in [-0.4, -0.2) is 39.6 Å². The van der Waals surface area contributed by atoms with Crippen LogP contribution in [0.2, 0.25) is 0 Å². The lowest BCUT2D eigenvalue weighted by atomic mass is 9.69. The van der Waals surface area contributed by atoms with Crippen LogP contribution in [0.3, 0.4) is 0 Å². The Labute approximate surface area is 193 Å². The molecule has 1 saturated carbocycles. The molecule has 2 heterocycles. The minimum atomic E-state index is -0.312. The zero-order chi connectivity index (χ0) is 23.1. The molecule has 1 saturated heterocycles. The summed E-state index contributed by atoms with van der Waals surface area (Å²) >= 11 is 0. The molecule has 0 bridgehead atoms. The molecule has 7 nitrogen and oxygen atoms in total. The number of aromatic amines is 1. The third kappa shape index (κ3) is 4.05. The van der Waals surface area contributed by atoms with Crippen LogP contribution in [0.25, 0.3) is 5.57 Å². The Bertz CT molecular complexity index is 1200. The molecule has 2 N–H and O–H groups in total. The second-order valence-electron chi connectivity index (χ2n) is 9.68. The Hall–Kier alpha value is -3.79. The van der Waals surface area contributed by atoms with Crippen LogP contribution in [-0.2, 0) is 0 Å². The lowest BCUT2D eigenvalue weighted by molar-refractivity contribution is 0.0757. The molecular weight excluding hydrogens is 414 g/mol. The fraction of sp³-hybridized carbons (Fsp3) is 0.346. The van der Waals surface area contributed by atoms with E-state index in [1.807, 2.05) is 42.5 Å². The maximum Gasteiger partial charge on any atom is 0.269 e. The normalized spacial score (nSPS) is 25.1. The molecule has 2 aliphatic carbocycles. The van der Waals surface area contributed by atoms with Crippen LogP contribution in [0.15, 0.2) is 66.5 Å². The number of likely N-dealkylation sites (tertiary alicyclic amines) is 1. The van der Waals surface area contributed by atoms with Crippen LogP contribution in [0.5, 0.6) is 5.75 Å². The van der Waals surface area contributed by atoms with Gasteiger partial charge in [0.15, 0.2) is 6.19 Å². The highest BCUT2D eigenvalue weighted by molar-refractivity contribution is 5.94. The molecule has 1 aliphatic heterocycles. The molecule has 168 valence electrons. The van der Waals surface area contributed by atoms with Crippen molar-refractivity contribution in [2.45, 2.75) is 32.2 Å². The Morgan fingerprint density at radius 2 is 2.15 bits per heavy atom. The van der Waals surface area contributed by atoms with Crippen molar-refractivity contribution in [3.8, 4) is 11.9 Å². The first-order valence-electron chi connectivity index (χ1n) is 11.3. The summed E-state index contributed by atoms with van der Waals surface area (Å²) in [5.74, 6) is 1.53. The quantitative estimate of drug-likeness (QED) is 0.684. The Morgan fingerprint density at radius 3 is 2.88 bits per heavy atom. The highest BCUT2D eigenvalue weighted by atomic mass is 16.5. The number of aromatic nitrogens is 2. The Morgan fingerprint density at radius 1 is 1.33 bits per heavy atom. The number of fused-ring (bicyclic) bond motifs is 1. The third-order valence-corrected chi connectivity index (χ3v) is 6.76. The predicted molar refractivity (Wildman–Crippen MR) is 125 cm³/mol. The average Bonchev–Trinajstić information content (AvgIpc) is 3.32. The Kier molecular flexibility index (Phi) is 5.09. The fourth-order valence-electron chi connectivity index (χ4n) is 4.86. The van der Waals surface area contributed by atoms with Gasteiger partial charge in [0.25, 0.3) is 5.91 Å². The maximum absolute atomic E-state index is 13.1. The van der Waals surface area contributed by atoms with Gasteiger partial charge in [0.2, 0.25) is 0 Å². The summed E-state index contributed by atoms with van der Waals surface area (Å²) in [5.41, 5.74) is 1.34. The number of benzene rings is 1. The predicted octanol–water partition coefficient (Wildman–Crippen LogP) is 4.03. The highest BCUT2D eigenvalue weighted by Crippen LogP contribution is 2.44. The zero-order valence-corrected chi connectivity index (χ0v) is 18.8. The number of allylic oxidation sites excluding steroid dienone is 5. The number of hydrogen-bond donors (Lipinski definition) is 2. The molecular formula is C26H27N5O2. The maximum atomic E-state index is 13.1. The number of nitrogens with zero attached hydrogens (tertiary/aromatic N) is 3. The second-order valence-corrected chi connectivity index (χ2v) is 9.68. The van der Waals surface area contributed by atoms with E-state index in [1.54, 1.807) is 11.0 Å². The first-order chi connectivity index (χ1) is 15.9. The van der Waals surface area contributed by atoms with Crippen molar-refractivity contribution in [3.05, 3.63) is 77.8 Å². The highest BCUT2D eigenvalue weighted by Gasteiger charge is 2.54. The summed E-state index contributed by atoms with van der Waals surface area (Å²) in [7, 11) is 0. The monoisotopic (exact) mass is 441 g/mol. The number of H-pyrrole nitrogens is 1. The van der Waals surface area contributed by atoms with Gasteiger partial charge in [-0.1, -0.05) is 50.3 Å². The van der Waals surface area contributed by atoms with Gasteiger partial charge < -0.3 is 15.0 Å². The molecule has 7 heteroatoms. The number of para-hydroxylation sites is 1. The average molecular weight is 442 g/mol. The number of nitriles is 1.